The number of rotatable bonds is 9. The molecule has 0 fully saturated rings. The molecule has 0 aromatic heterocycles. The minimum atomic E-state index is -1.21. The van der Waals surface area contributed by atoms with Gasteiger partial charge in [-0.25, -0.2) is 4.79 Å². The van der Waals surface area contributed by atoms with Gasteiger partial charge in [0, 0.05) is 25.3 Å². The summed E-state index contributed by atoms with van der Waals surface area (Å²) in [5.41, 5.74) is -1.09. The number of nitro benzene ring substituents is 1. The number of benzene rings is 1. The zero-order valence-corrected chi connectivity index (χ0v) is 14.8. The fourth-order valence-electron chi connectivity index (χ4n) is 2.09. The highest BCUT2D eigenvalue weighted by molar-refractivity contribution is 5.99. The van der Waals surface area contributed by atoms with Gasteiger partial charge < -0.3 is 20.1 Å². The van der Waals surface area contributed by atoms with E-state index in [0.717, 1.165) is 6.07 Å². The Morgan fingerprint density at radius 1 is 1.32 bits per heavy atom. The molecule has 0 aliphatic carbocycles. The number of hydrogen-bond acceptors (Lipinski definition) is 7. The van der Waals surface area contributed by atoms with Crippen molar-refractivity contribution >= 4 is 23.3 Å². The molecule has 0 saturated carbocycles. The van der Waals surface area contributed by atoms with Crippen LogP contribution in [0.4, 0.5) is 11.4 Å². The van der Waals surface area contributed by atoms with Crippen LogP contribution in [-0.2, 0) is 14.3 Å². The monoisotopic (exact) mass is 353 g/mol. The Labute approximate surface area is 145 Å². The molecule has 1 rings (SSSR count). The third kappa shape index (κ3) is 5.15. The van der Waals surface area contributed by atoms with E-state index in [2.05, 4.69) is 10.6 Å². The van der Waals surface area contributed by atoms with Crippen molar-refractivity contribution in [2.24, 2.45) is 0 Å². The Morgan fingerprint density at radius 2 is 2.00 bits per heavy atom. The molecular formula is C16H23N3O6. The fourth-order valence-corrected chi connectivity index (χ4v) is 2.09. The molecule has 0 radical (unpaired) electrons. The summed E-state index contributed by atoms with van der Waals surface area (Å²) in [5.74, 6) is -1.18. The van der Waals surface area contributed by atoms with Crippen molar-refractivity contribution in [3.05, 3.63) is 33.9 Å². The van der Waals surface area contributed by atoms with Crippen molar-refractivity contribution in [1.29, 1.82) is 0 Å². The third-order valence-electron chi connectivity index (χ3n) is 3.81. The van der Waals surface area contributed by atoms with Crippen LogP contribution in [-0.4, -0.2) is 49.7 Å². The number of anilines is 1. The molecule has 138 valence electrons. The Morgan fingerprint density at radius 3 is 2.52 bits per heavy atom. The van der Waals surface area contributed by atoms with E-state index >= 15 is 0 Å². The number of nitrogens with one attached hydrogen (secondary N) is 2. The summed E-state index contributed by atoms with van der Waals surface area (Å²) in [5, 5.41) is 16.7. The van der Waals surface area contributed by atoms with Gasteiger partial charge >= 0.3 is 5.97 Å². The van der Waals surface area contributed by atoms with Gasteiger partial charge in [-0.2, -0.15) is 0 Å². The molecule has 0 aliphatic rings. The summed E-state index contributed by atoms with van der Waals surface area (Å²) < 4.78 is 9.58. The first kappa shape index (κ1) is 20.4. The van der Waals surface area contributed by atoms with E-state index in [9.17, 15) is 19.7 Å². The van der Waals surface area contributed by atoms with Gasteiger partial charge in [-0.15, -0.1) is 0 Å². The molecule has 1 aromatic rings. The number of esters is 1. The van der Waals surface area contributed by atoms with Crippen LogP contribution >= 0.6 is 0 Å². The average molecular weight is 353 g/mol. The van der Waals surface area contributed by atoms with E-state index in [1.807, 2.05) is 0 Å². The van der Waals surface area contributed by atoms with Crippen LogP contribution in [0, 0.1) is 10.1 Å². The highest BCUT2D eigenvalue weighted by Gasteiger charge is 2.34. The predicted octanol–water partition coefficient (Wildman–Crippen LogP) is 1.72. The molecule has 1 aromatic carbocycles. The second-order valence-corrected chi connectivity index (χ2v) is 5.54. The van der Waals surface area contributed by atoms with Crippen molar-refractivity contribution in [3.8, 4) is 0 Å². The SMILES string of the molecule is CCC(C)(NC(=O)c1ccc(NCCOC)c([N+](=O)[O-])c1)C(=O)OC. The van der Waals surface area contributed by atoms with E-state index in [0.29, 0.717) is 19.6 Å². The number of carbonyl (C=O) groups is 2. The van der Waals surface area contributed by atoms with Gasteiger partial charge in [0.25, 0.3) is 11.6 Å². The number of amides is 1. The van der Waals surface area contributed by atoms with Crippen LogP contribution in [0.15, 0.2) is 18.2 Å². The molecule has 25 heavy (non-hydrogen) atoms. The molecule has 1 atom stereocenters. The van der Waals surface area contributed by atoms with Crippen LogP contribution in [0.3, 0.4) is 0 Å². The lowest BCUT2D eigenvalue weighted by Gasteiger charge is -2.26. The van der Waals surface area contributed by atoms with Gasteiger partial charge in [0.2, 0.25) is 0 Å². The number of methoxy groups -OCH3 is 2. The number of ether oxygens (including phenoxy) is 2. The molecule has 1 unspecified atom stereocenters. The van der Waals surface area contributed by atoms with Gasteiger partial charge in [-0.05, 0) is 25.5 Å². The van der Waals surface area contributed by atoms with Crippen LogP contribution in [0.2, 0.25) is 0 Å². The molecule has 0 saturated heterocycles. The first-order chi connectivity index (χ1) is 11.8. The molecule has 0 aliphatic heterocycles. The van der Waals surface area contributed by atoms with Crippen molar-refractivity contribution in [2.75, 3.05) is 32.7 Å². The van der Waals surface area contributed by atoms with Gasteiger partial charge in [0.1, 0.15) is 11.2 Å². The summed E-state index contributed by atoms with van der Waals surface area (Å²) in [4.78, 5) is 34.9. The number of nitro groups is 1. The average Bonchev–Trinajstić information content (AvgIpc) is 2.60. The minimum absolute atomic E-state index is 0.0765. The summed E-state index contributed by atoms with van der Waals surface area (Å²) in [7, 11) is 2.75. The molecule has 9 nitrogen and oxygen atoms in total. The molecular weight excluding hydrogens is 330 g/mol. The molecule has 9 heteroatoms. The Bertz CT molecular complexity index is 649. The lowest BCUT2D eigenvalue weighted by Crippen LogP contribution is -2.52. The van der Waals surface area contributed by atoms with E-state index in [-0.39, 0.29) is 16.9 Å². The van der Waals surface area contributed by atoms with Crippen LogP contribution in [0.25, 0.3) is 0 Å². The Hall–Kier alpha value is -2.68. The maximum Gasteiger partial charge on any atom is 0.331 e. The largest absolute Gasteiger partial charge is 0.467 e. The van der Waals surface area contributed by atoms with Crippen LogP contribution in [0.1, 0.15) is 30.6 Å². The normalized spacial score (nSPS) is 12.8. The van der Waals surface area contributed by atoms with Crippen molar-refractivity contribution in [2.45, 2.75) is 25.8 Å². The molecule has 2 N–H and O–H groups in total. The maximum absolute atomic E-state index is 12.4. The quantitative estimate of drug-likeness (QED) is 0.300. The first-order valence-electron chi connectivity index (χ1n) is 7.71. The standard InChI is InChI=1S/C16H23N3O6/c1-5-16(2,15(21)25-4)18-14(20)11-6-7-12(17-8-9-24-3)13(10-11)19(22)23/h6-7,10,17H,5,8-9H2,1-4H3,(H,18,20). The van der Waals surface area contributed by atoms with Gasteiger partial charge in [0.05, 0.1) is 18.6 Å². The number of nitrogens with zero attached hydrogens (tertiary/aromatic N) is 1. The summed E-state index contributed by atoms with van der Waals surface area (Å²) in [6.45, 7) is 4.03. The molecule has 0 heterocycles. The Balaban J connectivity index is 3.05. The first-order valence-corrected chi connectivity index (χ1v) is 7.71. The van der Waals surface area contributed by atoms with Crippen molar-refractivity contribution < 1.29 is 24.0 Å². The highest BCUT2D eigenvalue weighted by atomic mass is 16.6. The Kier molecular flexibility index (Phi) is 7.31. The fraction of sp³-hybridized carbons (Fsp3) is 0.500. The molecule has 1 amide bonds. The third-order valence-corrected chi connectivity index (χ3v) is 3.81. The van der Waals surface area contributed by atoms with E-state index in [1.54, 1.807) is 6.92 Å². The lowest BCUT2D eigenvalue weighted by atomic mass is 9.98. The summed E-state index contributed by atoms with van der Waals surface area (Å²) in [6.07, 6.45) is 0.310. The van der Waals surface area contributed by atoms with Crippen LogP contribution < -0.4 is 10.6 Å². The number of hydrogen-bond donors (Lipinski definition) is 2. The van der Waals surface area contributed by atoms with E-state index < -0.39 is 22.3 Å². The predicted molar refractivity (Wildman–Crippen MR) is 91.6 cm³/mol. The zero-order chi connectivity index (χ0) is 19.0. The van der Waals surface area contributed by atoms with Crippen LogP contribution in [0.5, 0.6) is 0 Å². The minimum Gasteiger partial charge on any atom is -0.467 e. The summed E-state index contributed by atoms with van der Waals surface area (Å²) in [6, 6.07) is 4.06. The summed E-state index contributed by atoms with van der Waals surface area (Å²) >= 11 is 0. The molecule has 0 spiro atoms. The molecule has 0 bridgehead atoms. The topological polar surface area (TPSA) is 120 Å². The van der Waals surface area contributed by atoms with Gasteiger partial charge in [-0.1, -0.05) is 6.92 Å². The number of carbonyl (C=O) groups excluding carboxylic acids is 2. The van der Waals surface area contributed by atoms with Crippen molar-refractivity contribution in [1.82, 2.24) is 5.32 Å². The maximum atomic E-state index is 12.4. The van der Waals surface area contributed by atoms with Crippen molar-refractivity contribution in [3.63, 3.8) is 0 Å². The smallest absolute Gasteiger partial charge is 0.331 e. The van der Waals surface area contributed by atoms with Gasteiger partial charge in [-0.3, -0.25) is 14.9 Å². The second kappa shape index (κ2) is 8.97. The van der Waals surface area contributed by atoms with E-state index in [1.165, 1.54) is 33.3 Å². The zero-order valence-electron chi connectivity index (χ0n) is 14.8. The van der Waals surface area contributed by atoms with E-state index in [4.69, 9.17) is 9.47 Å². The highest BCUT2D eigenvalue weighted by Crippen LogP contribution is 2.26. The van der Waals surface area contributed by atoms with Gasteiger partial charge in [0.15, 0.2) is 0 Å². The second-order valence-electron chi connectivity index (χ2n) is 5.54. The lowest BCUT2D eigenvalue weighted by molar-refractivity contribution is -0.384.